The van der Waals surface area contributed by atoms with E-state index in [1.54, 1.807) is 11.0 Å². The highest BCUT2D eigenvalue weighted by molar-refractivity contribution is 5.99. The molecule has 2 aromatic carbocycles. The summed E-state index contributed by atoms with van der Waals surface area (Å²) < 4.78 is 21.6. The van der Waals surface area contributed by atoms with Crippen LogP contribution in [0.3, 0.4) is 0 Å². The molecule has 0 unspecified atom stereocenters. The van der Waals surface area contributed by atoms with Crippen LogP contribution < -0.4 is 9.64 Å². The average molecular weight is 468 g/mol. The fourth-order valence-corrected chi connectivity index (χ4v) is 3.61. The van der Waals surface area contributed by atoms with Gasteiger partial charge < -0.3 is 18.9 Å². The fourth-order valence-electron chi connectivity index (χ4n) is 3.61. The highest BCUT2D eigenvalue weighted by Crippen LogP contribution is 2.34. The first kappa shape index (κ1) is 25.3. The first-order valence-electron chi connectivity index (χ1n) is 11.5. The molecule has 7 nitrogen and oxygen atoms in total. The van der Waals surface area contributed by atoms with Crippen LogP contribution in [0.5, 0.6) is 5.75 Å². The molecule has 0 radical (unpaired) electrons. The molecule has 0 spiro atoms. The number of carbonyl (C=O) groups excluding carboxylic acids is 2. The van der Waals surface area contributed by atoms with E-state index in [0.717, 1.165) is 22.4 Å². The van der Waals surface area contributed by atoms with Crippen LogP contribution in [0.15, 0.2) is 48.0 Å². The number of hydrogen-bond donors (Lipinski definition) is 0. The van der Waals surface area contributed by atoms with Gasteiger partial charge in [0.15, 0.2) is 0 Å². The lowest BCUT2D eigenvalue weighted by atomic mass is 10.0. The number of methoxy groups -OCH3 is 1. The monoisotopic (exact) mass is 467 g/mol. The van der Waals surface area contributed by atoms with Crippen molar-refractivity contribution in [2.24, 2.45) is 0 Å². The van der Waals surface area contributed by atoms with E-state index in [9.17, 15) is 9.59 Å². The summed E-state index contributed by atoms with van der Waals surface area (Å²) in [6, 6.07) is 13.6. The van der Waals surface area contributed by atoms with Crippen LogP contribution >= 0.6 is 0 Å². The third-order valence-corrected chi connectivity index (χ3v) is 5.20. The first-order chi connectivity index (χ1) is 16.2. The Hall–Kier alpha value is -3.32. The van der Waals surface area contributed by atoms with E-state index in [1.165, 1.54) is 7.11 Å². The van der Waals surface area contributed by atoms with Gasteiger partial charge in [0.1, 0.15) is 18.0 Å². The molecule has 0 fully saturated rings. The molecule has 7 heteroatoms. The number of esters is 1. The number of rotatable bonds is 7. The molecule has 34 heavy (non-hydrogen) atoms. The van der Waals surface area contributed by atoms with Crippen LogP contribution in [0.25, 0.3) is 17.2 Å². The summed E-state index contributed by atoms with van der Waals surface area (Å²) in [4.78, 5) is 26.8. The quantitative estimate of drug-likeness (QED) is 0.397. The lowest BCUT2D eigenvalue weighted by molar-refractivity contribution is -0.136. The number of anilines is 1. The molecule has 0 saturated heterocycles. The SMILES string of the molecule is CCOCCOc1ccc(-c2ccc3c(c2)C=C(C(=O)OC)CCN3C(=O)OC(C)(C)C)cc1. The lowest BCUT2D eigenvalue weighted by Crippen LogP contribution is -2.37. The van der Waals surface area contributed by atoms with Gasteiger partial charge in [-0.25, -0.2) is 9.59 Å². The van der Waals surface area contributed by atoms with Crippen molar-refractivity contribution in [2.75, 3.05) is 38.4 Å². The van der Waals surface area contributed by atoms with Gasteiger partial charge in [-0.3, -0.25) is 4.90 Å². The van der Waals surface area contributed by atoms with Crippen LogP contribution in [0.2, 0.25) is 0 Å². The van der Waals surface area contributed by atoms with Crippen molar-refractivity contribution in [3.05, 3.63) is 53.6 Å². The number of nitrogens with zero attached hydrogens (tertiary/aromatic N) is 1. The molecule has 1 amide bonds. The molecule has 1 heterocycles. The Morgan fingerprint density at radius 3 is 2.35 bits per heavy atom. The van der Waals surface area contributed by atoms with Gasteiger partial charge in [-0.1, -0.05) is 18.2 Å². The minimum Gasteiger partial charge on any atom is -0.491 e. The molecule has 0 atom stereocenters. The summed E-state index contributed by atoms with van der Waals surface area (Å²) >= 11 is 0. The van der Waals surface area contributed by atoms with Gasteiger partial charge in [0.05, 0.1) is 19.4 Å². The van der Waals surface area contributed by atoms with E-state index in [1.807, 2.05) is 70.2 Å². The largest absolute Gasteiger partial charge is 0.491 e. The molecule has 0 aliphatic carbocycles. The maximum absolute atomic E-state index is 12.9. The zero-order valence-corrected chi connectivity index (χ0v) is 20.6. The summed E-state index contributed by atoms with van der Waals surface area (Å²) in [6.07, 6.45) is 1.71. The third kappa shape index (κ3) is 6.60. The van der Waals surface area contributed by atoms with Crippen molar-refractivity contribution >= 4 is 23.8 Å². The topological polar surface area (TPSA) is 74.3 Å². The van der Waals surface area contributed by atoms with E-state index in [0.29, 0.717) is 44.0 Å². The number of ether oxygens (including phenoxy) is 4. The molecule has 0 bridgehead atoms. The number of amides is 1. The maximum Gasteiger partial charge on any atom is 0.414 e. The summed E-state index contributed by atoms with van der Waals surface area (Å²) in [5.41, 5.74) is 3.25. The van der Waals surface area contributed by atoms with Crippen LogP contribution in [0.4, 0.5) is 10.5 Å². The van der Waals surface area contributed by atoms with Gasteiger partial charge in [-0.05, 0) is 81.1 Å². The Balaban J connectivity index is 1.90. The van der Waals surface area contributed by atoms with Crippen molar-refractivity contribution in [1.29, 1.82) is 0 Å². The van der Waals surface area contributed by atoms with E-state index in [2.05, 4.69) is 0 Å². The summed E-state index contributed by atoms with van der Waals surface area (Å²) in [5, 5.41) is 0. The predicted molar refractivity (Wildman–Crippen MR) is 132 cm³/mol. The van der Waals surface area contributed by atoms with Gasteiger partial charge in [0.2, 0.25) is 0 Å². The van der Waals surface area contributed by atoms with Crippen LogP contribution in [0.1, 0.15) is 39.7 Å². The van der Waals surface area contributed by atoms with Gasteiger partial charge in [-0.15, -0.1) is 0 Å². The Kier molecular flexibility index (Phi) is 8.34. The molecule has 1 aliphatic rings. The van der Waals surface area contributed by atoms with Gasteiger partial charge in [0, 0.05) is 18.7 Å². The third-order valence-electron chi connectivity index (χ3n) is 5.20. The summed E-state index contributed by atoms with van der Waals surface area (Å²) in [5.74, 6) is 0.359. The van der Waals surface area contributed by atoms with E-state index < -0.39 is 17.7 Å². The Labute approximate surface area is 201 Å². The second-order valence-corrected chi connectivity index (χ2v) is 8.89. The van der Waals surface area contributed by atoms with E-state index in [4.69, 9.17) is 18.9 Å². The molecule has 0 saturated carbocycles. The standard InChI is InChI=1S/C27H33NO6/c1-6-32-15-16-33-23-10-7-19(8-11-23)20-9-12-24-22(17-20)18-21(25(29)31-5)13-14-28(24)26(30)34-27(2,3)4/h7-12,17-18H,6,13-16H2,1-5H3. The summed E-state index contributed by atoms with van der Waals surface area (Å²) in [6.45, 7) is 9.46. The number of benzene rings is 2. The maximum atomic E-state index is 12.9. The number of carbonyl (C=O) groups is 2. The van der Waals surface area contributed by atoms with Crippen molar-refractivity contribution in [3.8, 4) is 16.9 Å². The molecular formula is C27H33NO6. The van der Waals surface area contributed by atoms with Crippen LogP contribution in [-0.2, 0) is 19.0 Å². The molecular weight excluding hydrogens is 434 g/mol. The zero-order chi connectivity index (χ0) is 24.7. The molecule has 0 N–H and O–H groups in total. The van der Waals surface area contributed by atoms with Gasteiger partial charge in [-0.2, -0.15) is 0 Å². The molecule has 182 valence electrons. The van der Waals surface area contributed by atoms with E-state index >= 15 is 0 Å². The smallest absolute Gasteiger partial charge is 0.414 e. The van der Waals surface area contributed by atoms with Gasteiger partial charge in [0.25, 0.3) is 0 Å². The van der Waals surface area contributed by atoms with Crippen LogP contribution in [0, 0.1) is 0 Å². The molecule has 3 rings (SSSR count). The Morgan fingerprint density at radius 1 is 1.00 bits per heavy atom. The lowest BCUT2D eigenvalue weighted by Gasteiger charge is -2.27. The fraction of sp³-hybridized carbons (Fsp3) is 0.407. The number of hydrogen-bond acceptors (Lipinski definition) is 6. The van der Waals surface area contributed by atoms with Crippen molar-refractivity contribution in [3.63, 3.8) is 0 Å². The highest BCUT2D eigenvalue weighted by Gasteiger charge is 2.28. The van der Waals surface area contributed by atoms with Crippen molar-refractivity contribution in [2.45, 2.75) is 39.7 Å². The predicted octanol–water partition coefficient (Wildman–Crippen LogP) is 5.47. The van der Waals surface area contributed by atoms with Crippen LogP contribution in [-0.4, -0.2) is 51.1 Å². The normalized spacial score (nSPS) is 13.4. The second kappa shape index (κ2) is 11.2. The molecule has 0 aromatic heterocycles. The Bertz CT molecular complexity index is 1040. The molecule has 1 aliphatic heterocycles. The van der Waals surface area contributed by atoms with E-state index in [-0.39, 0.29) is 0 Å². The minimum absolute atomic E-state index is 0.315. The molecule has 2 aromatic rings. The zero-order valence-electron chi connectivity index (χ0n) is 20.6. The van der Waals surface area contributed by atoms with Gasteiger partial charge >= 0.3 is 12.1 Å². The van der Waals surface area contributed by atoms with Crippen molar-refractivity contribution < 1.29 is 28.5 Å². The first-order valence-corrected chi connectivity index (χ1v) is 11.5. The average Bonchev–Trinajstić information content (AvgIpc) is 3.00. The summed E-state index contributed by atoms with van der Waals surface area (Å²) in [7, 11) is 1.36. The minimum atomic E-state index is -0.630. The number of fused-ring (bicyclic) bond motifs is 1. The Morgan fingerprint density at radius 2 is 1.71 bits per heavy atom. The van der Waals surface area contributed by atoms with Crippen molar-refractivity contribution in [1.82, 2.24) is 0 Å². The second-order valence-electron chi connectivity index (χ2n) is 8.89. The highest BCUT2D eigenvalue weighted by atomic mass is 16.6.